The summed E-state index contributed by atoms with van der Waals surface area (Å²) in [6.45, 7) is 2.60. The number of nitrogens with zero attached hydrogens (tertiary/aromatic N) is 1. The predicted octanol–water partition coefficient (Wildman–Crippen LogP) is 3.11. The van der Waals surface area contributed by atoms with Crippen molar-refractivity contribution in [3.05, 3.63) is 48.0 Å². The van der Waals surface area contributed by atoms with Gasteiger partial charge in [0, 0.05) is 5.56 Å². The van der Waals surface area contributed by atoms with Gasteiger partial charge < -0.3 is 19.3 Å². The number of nitrogens with one attached hydrogen (secondary N) is 1. The van der Waals surface area contributed by atoms with Crippen molar-refractivity contribution in [2.24, 2.45) is 5.10 Å². The molecule has 7 nitrogen and oxygen atoms in total. The van der Waals surface area contributed by atoms with Crippen LogP contribution in [0, 0.1) is 0 Å². The molecule has 2 N–H and O–H groups in total. The fourth-order valence-corrected chi connectivity index (χ4v) is 2.08. The maximum Gasteiger partial charge on any atom is 0.277 e. The summed E-state index contributed by atoms with van der Waals surface area (Å²) in [5.41, 5.74) is 2.77. The summed E-state index contributed by atoms with van der Waals surface area (Å²) in [5, 5.41) is 13.5. The topological polar surface area (TPSA) is 89.4 Å². The minimum Gasteiger partial charge on any atom is -0.507 e. The molecule has 0 saturated heterocycles. The number of phenols is 1. The van der Waals surface area contributed by atoms with Crippen LogP contribution < -0.4 is 19.6 Å². The zero-order chi connectivity index (χ0) is 19.5. The Morgan fingerprint density at radius 2 is 1.78 bits per heavy atom. The van der Waals surface area contributed by atoms with Crippen molar-refractivity contribution in [2.75, 3.05) is 20.3 Å². The number of aromatic hydroxyl groups is 1. The Morgan fingerprint density at radius 3 is 2.44 bits per heavy atom. The second-order valence-electron chi connectivity index (χ2n) is 5.68. The molecule has 0 bridgehead atoms. The van der Waals surface area contributed by atoms with Crippen LogP contribution in [0.4, 0.5) is 0 Å². The van der Waals surface area contributed by atoms with Gasteiger partial charge in [0.1, 0.15) is 23.0 Å². The molecule has 0 heterocycles. The molecule has 0 unspecified atom stereocenters. The molecule has 144 valence electrons. The molecule has 7 heteroatoms. The third-order valence-electron chi connectivity index (χ3n) is 3.59. The molecule has 0 atom stereocenters. The SMILES string of the molecule is CCCCOc1ccc(OCC(=O)N/N=C/c2cc(OC)ccc2O)cc1. The van der Waals surface area contributed by atoms with Crippen molar-refractivity contribution in [1.29, 1.82) is 0 Å². The van der Waals surface area contributed by atoms with Gasteiger partial charge in [-0.15, -0.1) is 0 Å². The molecule has 0 aliphatic rings. The Morgan fingerprint density at radius 1 is 1.11 bits per heavy atom. The number of carbonyl (C=O) groups excluding carboxylic acids is 1. The van der Waals surface area contributed by atoms with Gasteiger partial charge in [-0.05, 0) is 48.9 Å². The first-order chi connectivity index (χ1) is 13.1. The first-order valence-corrected chi connectivity index (χ1v) is 8.67. The number of benzene rings is 2. The van der Waals surface area contributed by atoms with Gasteiger partial charge >= 0.3 is 0 Å². The summed E-state index contributed by atoms with van der Waals surface area (Å²) in [6.07, 6.45) is 3.42. The Hall–Kier alpha value is -3.22. The van der Waals surface area contributed by atoms with E-state index < -0.39 is 5.91 Å². The van der Waals surface area contributed by atoms with Gasteiger partial charge in [-0.1, -0.05) is 13.3 Å². The van der Waals surface area contributed by atoms with Crippen LogP contribution in [0.3, 0.4) is 0 Å². The number of phenolic OH excluding ortho intramolecular Hbond substituents is 1. The number of ether oxygens (including phenoxy) is 3. The fraction of sp³-hybridized carbons (Fsp3) is 0.300. The molecule has 0 radical (unpaired) electrons. The lowest BCUT2D eigenvalue weighted by Gasteiger charge is -2.08. The number of hydrogen-bond acceptors (Lipinski definition) is 6. The van der Waals surface area contributed by atoms with Gasteiger partial charge in [0.2, 0.25) is 0 Å². The van der Waals surface area contributed by atoms with Crippen LogP contribution in [0.5, 0.6) is 23.0 Å². The number of carbonyl (C=O) groups is 1. The summed E-state index contributed by atoms with van der Waals surface area (Å²) >= 11 is 0. The van der Waals surface area contributed by atoms with Crippen LogP contribution >= 0.6 is 0 Å². The van der Waals surface area contributed by atoms with E-state index in [1.54, 1.807) is 36.4 Å². The second kappa shape index (κ2) is 10.7. The predicted molar refractivity (Wildman–Crippen MR) is 103 cm³/mol. The van der Waals surface area contributed by atoms with E-state index in [2.05, 4.69) is 17.5 Å². The maximum absolute atomic E-state index is 11.8. The zero-order valence-corrected chi connectivity index (χ0v) is 15.5. The molecule has 2 rings (SSSR count). The lowest BCUT2D eigenvalue weighted by molar-refractivity contribution is -0.123. The minimum absolute atomic E-state index is 0.0336. The monoisotopic (exact) mass is 372 g/mol. The van der Waals surface area contributed by atoms with Crippen molar-refractivity contribution < 1.29 is 24.1 Å². The summed E-state index contributed by atoms with van der Waals surface area (Å²) in [7, 11) is 1.52. The summed E-state index contributed by atoms with van der Waals surface area (Å²) < 4.78 is 16.0. The molecule has 0 saturated carbocycles. The van der Waals surface area contributed by atoms with E-state index in [-0.39, 0.29) is 12.4 Å². The van der Waals surface area contributed by atoms with Crippen molar-refractivity contribution in [2.45, 2.75) is 19.8 Å². The van der Waals surface area contributed by atoms with E-state index >= 15 is 0 Å². The van der Waals surface area contributed by atoms with Crippen LogP contribution in [0.2, 0.25) is 0 Å². The Labute approximate surface area is 158 Å². The van der Waals surface area contributed by atoms with Crippen LogP contribution in [0.15, 0.2) is 47.6 Å². The van der Waals surface area contributed by atoms with E-state index in [4.69, 9.17) is 14.2 Å². The highest BCUT2D eigenvalue weighted by atomic mass is 16.5. The molecule has 2 aromatic rings. The van der Waals surface area contributed by atoms with E-state index in [0.717, 1.165) is 18.6 Å². The fourth-order valence-electron chi connectivity index (χ4n) is 2.08. The first kappa shape index (κ1) is 20.1. The largest absolute Gasteiger partial charge is 0.507 e. The first-order valence-electron chi connectivity index (χ1n) is 8.67. The number of hydrazone groups is 1. The molecule has 0 aliphatic heterocycles. The van der Waals surface area contributed by atoms with Crippen LogP contribution in [-0.2, 0) is 4.79 Å². The minimum atomic E-state index is -0.420. The van der Waals surface area contributed by atoms with Gasteiger partial charge in [0.25, 0.3) is 5.91 Å². The Balaban J connectivity index is 1.77. The number of methoxy groups -OCH3 is 1. The van der Waals surface area contributed by atoms with Crippen LogP contribution in [0.1, 0.15) is 25.3 Å². The molecular weight excluding hydrogens is 348 g/mol. The van der Waals surface area contributed by atoms with Gasteiger partial charge in [-0.3, -0.25) is 4.79 Å². The zero-order valence-electron chi connectivity index (χ0n) is 15.5. The summed E-state index contributed by atoms with van der Waals surface area (Å²) in [6, 6.07) is 11.8. The van der Waals surface area contributed by atoms with E-state index in [0.29, 0.717) is 23.7 Å². The third-order valence-corrected chi connectivity index (χ3v) is 3.59. The highest BCUT2D eigenvalue weighted by molar-refractivity contribution is 5.85. The highest BCUT2D eigenvalue weighted by Gasteiger charge is 2.04. The van der Waals surface area contributed by atoms with Gasteiger partial charge in [-0.25, -0.2) is 5.43 Å². The average molecular weight is 372 g/mol. The maximum atomic E-state index is 11.8. The van der Waals surface area contributed by atoms with Crippen LogP contribution in [-0.4, -0.2) is 37.6 Å². The Bertz CT molecular complexity index is 759. The Kier molecular flexibility index (Phi) is 7.96. The average Bonchev–Trinajstić information content (AvgIpc) is 2.69. The van der Waals surface area contributed by atoms with Crippen LogP contribution in [0.25, 0.3) is 0 Å². The highest BCUT2D eigenvalue weighted by Crippen LogP contribution is 2.21. The van der Waals surface area contributed by atoms with E-state index in [1.165, 1.54) is 19.4 Å². The summed E-state index contributed by atoms with van der Waals surface area (Å²) in [5.74, 6) is 1.51. The summed E-state index contributed by atoms with van der Waals surface area (Å²) in [4.78, 5) is 11.8. The number of rotatable bonds is 10. The molecule has 0 fully saturated rings. The van der Waals surface area contributed by atoms with E-state index in [1.807, 2.05) is 0 Å². The van der Waals surface area contributed by atoms with Crippen molar-refractivity contribution in [3.8, 4) is 23.0 Å². The molecule has 0 aromatic heterocycles. The number of amides is 1. The third kappa shape index (κ3) is 6.89. The molecule has 27 heavy (non-hydrogen) atoms. The lowest BCUT2D eigenvalue weighted by Crippen LogP contribution is -2.24. The molecule has 0 spiro atoms. The standard InChI is InChI=1S/C20H24N2O5/c1-3-4-11-26-16-5-7-17(8-6-16)27-14-20(24)22-21-13-15-12-18(25-2)9-10-19(15)23/h5-10,12-13,23H,3-4,11,14H2,1-2H3,(H,22,24)/b21-13+. The van der Waals surface area contributed by atoms with Crippen molar-refractivity contribution in [3.63, 3.8) is 0 Å². The smallest absolute Gasteiger partial charge is 0.277 e. The van der Waals surface area contributed by atoms with Gasteiger partial charge in [0.05, 0.1) is 19.9 Å². The molecule has 0 aliphatic carbocycles. The van der Waals surface area contributed by atoms with E-state index in [9.17, 15) is 9.90 Å². The van der Waals surface area contributed by atoms with Gasteiger partial charge in [-0.2, -0.15) is 5.10 Å². The number of unbranched alkanes of at least 4 members (excludes halogenated alkanes) is 1. The lowest BCUT2D eigenvalue weighted by atomic mass is 10.2. The second-order valence-corrected chi connectivity index (χ2v) is 5.68. The molecule has 1 amide bonds. The quantitative estimate of drug-likeness (QED) is 0.380. The molecular formula is C20H24N2O5. The van der Waals surface area contributed by atoms with Crippen molar-refractivity contribution >= 4 is 12.1 Å². The number of hydrogen-bond donors (Lipinski definition) is 2. The normalized spacial score (nSPS) is 10.6. The van der Waals surface area contributed by atoms with Crippen molar-refractivity contribution in [1.82, 2.24) is 5.43 Å². The van der Waals surface area contributed by atoms with Gasteiger partial charge in [0.15, 0.2) is 6.61 Å². The molecule has 2 aromatic carbocycles.